The summed E-state index contributed by atoms with van der Waals surface area (Å²) in [5.41, 5.74) is 1.72. The fraction of sp³-hybridized carbons (Fsp3) is 0.600. The van der Waals surface area contributed by atoms with E-state index in [1.807, 2.05) is 6.07 Å². The number of hydrogen-bond acceptors (Lipinski definition) is 4. The minimum absolute atomic E-state index is 0.169. The Morgan fingerprint density at radius 1 is 1.45 bits per heavy atom. The van der Waals surface area contributed by atoms with Gasteiger partial charge in [-0.15, -0.1) is 0 Å². The lowest BCUT2D eigenvalue weighted by Crippen LogP contribution is -2.36. The fourth-order valence-corrected chi connectivity index (χ4v) is 2.62. The largest absolute Gasteiger partial charge is 0.382 e. The highest BCUT2D eigenvalue weighted by atomic mass is 16.6. The number of hydrogen-bond donors (Lipinski definition) is 1. The molecule has 2 atom stereocenters. The average molecular weight is 278 g/mol. The Labute approximate surface area is 119 Å². The van der Waals surface area contributed by atoms with Gasteiger partial charge < -0.3 is 10.1 Å². The Hall–Kier alpha value is -1.62. The van der Waals surface area contributed by atoms with Gasteiger partial charge in [0.1, 0.15) is 0 Å². The Balaban J connectivity index is 2.10. The van der Waals surface area contributed by atoms with Crippen LogP contribution in [-0.4, -0.2) is 23.7 Å². The van der Waals surface area contributed by atoms with Gasteiger partial charge in [-0.1, -0.05) is 19.9 Å². The second-order valence-electron chi connectivity index (χ2n) is 5.73. The molecule has 0 bridgehead atoms. The van der Waals surface area contributed by atoms with E-state index < -0.39 is 0 Å². The maximum atomic E-state index is 11.0. The third kappa shape index (κ3) is 3.28. The topological polar surface area (TPSA) is 64.4 Å². The molecule has 2 rings (SSSR count). The highest BCUT2D eigenvalue weighted by Gasteiger charge is 2.25. The Morgan fingerprint density at radius 3 is 2.85 bits per heavy atom. The lowest BCUT2D eigenvalue weighted by molar-refractivity contribution is -0.385. The van der Waals surface area contributed by atoms with Crippen molar-refractivity contribution in [2.24, 2.45) is 5.92 Å². The summed E-state index contributed by atoms with van der Waals surface area (Å²) in [4.78, 5) is 10.6. The van der Waals surface area contributed by atoms with Gasteiger partial charge in [0, 0.05) is 30.0 Å². The van der Waals surface area contributed by atoms with Gasteiger partial charge in [-0.05, 0) is 31.7 Å². The van der Waals surface area contributed by atoms with Gasteiger partial charge in [-0.2, -0.15) is 0 Å². The van der Waals surface area contributed by atoms with Crippen LogP contribution < -0.4 is 5.32 Å². The van der Waals surface area contributed by atoms with E-state index in [1.165, 1.54) is 0 Å². The van der Waals surface area contributed by atoms with Crippen LogP contribution in [0.5, 0.6) is 0 Å². The minimum Gasteiger partial charge on any atom is -0.382 e. The van der Waals surface area contributed by atoms with Crippen LogP contribution in [0.4, 0.5) is 11.4 Å². The van der Waals surface area contributed by atoms with Crippen molar-refractivity contribution in [2.75, 3.05) is 11.9 Å². The molecule has 0 radical (unpaired) electrons. The molecule has 1 aromatic carbocycles. The molecule has 0 amide bonds. The third-order valence-corrected chi connectivity index (χ3v) is 3.92. The van der Waals surface area contributed by atoms with E-state index in [-0.39, 0.29) is 16.7 Å². The highest BCUT2D eigenvalue weighted by Crippen LogP contribution is 2.28. The molecule has 1 fully saturated rings. The molecule has 0 saturated carbocycles. The maximum Gasteiger partial charge on any atom is 0.274 e. The van der Waals surface area contributed by atoms with E-state index in [1.54, 1.807) is 19.1 Å². The molecular formula is C15H22N2O3. The molecule has 1 N–H and O–H groups in total. The smallest absolute Gasteiger partial charge is 0.274 e. The molecule has 1 saturated heterocycles. The minimum atomic E-state index is -0.332. The van der Waals surface area contributed by atoms with Crippen LogP contribution in [0, 0.1) is 23.0 Å². The summed E-state index contributed by atoms with van der Waals surface area (Å²) >= 11 is 0. The fourth-order valence-electron chi connectivity index (χ4n) is 2.62. The number of benzene rings is 1. The van der Waals surface area contributed by atoms with Gasteiger partial charge in [0.2, 0.25) is 0 Å². The number of nitro benzene ring substituents is 1. The van der Waals surface area contributed by atoms with E-state index in [4.69, 9.17) is 4.74 Å². The summed E-state index contributed by atoms with van der Waals surface area (Å²) in [5.74, 6) is 0.491. The Bertz CT molecular complexity index is 488. The van der Waals surface area contributed by atoms with Crippen molar-refractivity contribution < 1.29 is 9.66 Å². The second-order valence-corrected chi connectivity index (χ2v) is 5.73. The SMILES string of the molecule is Cc1c(NC2CCOC(C(C)C)C2)cccc1[N+](=O)[O-]. The summed E-state index contributed by atoms with van der Waals surface area (Å²) in [5, 5.41) is 14.4. The predicted octanol–water partition coefficient (Wildman–Crippen LogP) is 3.52. The molecule has 5 nitrogen and oxygen atoms in total. The highest BCUT2D eigenvalue weighted by molar-refractivity contribution is 5.60. The number of anilines is 1. The quantitative estimate of drug-likeness (QED) is 0.676. The van der Waals surface area contributed by atoms with Crippen LogP contribution in [0.2, 0.25) is 0 Å². The zero-order valence-electron chi connectivity index (χ0n) is 12.3. The van der Waals surface area contributed by atoms with E-state index in [2.05, 4.69) is 19.2 Å². The zero-order valence-corrected chi connectivity index (χ0v) is 12.3. The molecule has 1 aliphatic heterocycles. The van der Waals surface area contributed by atoms with E-state index in [0.717, 1.165) is 25.1 Å². The van der Waals surface area contributed by atoms with Crippen LogP contribution >= 0.6 is 0 Å². The first-order valence-corrected chi connectivity index (χ1v) is 7.11. The lowest BCUT2D eigenvalue weighted by Gasteiger charge is -2.33. The monoisotopic (exact) mass is 278 g/mol. The molecule has 1 aromatic rings. The normalized spacial score (nSPS) is 22.8. The molecular weight excluding hydrogens is 256 g/mol. The van der Waals surface area contributed by atoms with Crippen LogP contribution in [-0.2, 0) is 4.74 Å². The summed E-state index contributed by atoms with van der Waals surface area (Å²) in [6.07, 6.45) is 2.14. The van der Waals surface area contributed by atoms with Crippen LogP contribution in [0.3, 0.4) is 0 Å². The van der Waals surface area contributed by atoms with Gasteiger partial charge in [0.05, 0.1) is 11.0 Å². The number of rotatable bonds is 4. The average Bonchev–Trinajstić information content (AvgIpc) is 2.41. The molecule has 110 valence electrons. The molecule has 0 aliphatic carbocycles. The van der Waals surface area contributed by atoms with Gasteiger partial charge in [-0.3, -0.25) is 10.1 Å². The van der Waals surface area contributed by atoms with Crippen LogP contribution in [0.25, 0.3) is 0 Å². The Morgan fingerprint density at radius 2 is 2.20 bits per heavy atom. The second kappa shape index (κ2) is 6.22. The third-order valence-electron chi connectivity index (χ3n) is 3.92. The van der Waals surface area contributed by atoms with E-state index >= 15 is 0 Å². The molecule has 5 heteroatoms. The molecule has 0 spiro atoms. The summed E-state index contributed by atoms with van der Waals surface area (Å²) in [7, 11) is 0. The van der Waals surface area contributed by atoms with Crippen molar-refractivity contribution in [2.45, 2.75) is 45.8 Å². The van der Waals surface area contributed by atoms with Gasteiger partial charge in [-0.25, -0.2) is 0 Å². The van der Waals surface area contributed by atoms with E-state index in [9.17, 15) is 10.1 Å². The van der Waals surface area contributed by atoms with E-state index in [0.29, 0.717) is 17.5 Å². The number of ether oxygens (including phenoxy) is 1. The lowest BCUT2D eigenvalue weighted by atomic mass is 9.95. The zero-order chi connectivity index (χ0) is 14.7. The summed E-state index contributed by atoms with van der Waals surface area (Å²) in [6, 6.07) is 5.49. The van der Waals surface area contributed by atoms with Crippen molar-refractivity contribution in [3.63, 3.8) is 0 Å². The standard InChI is InChI=1S/C15H22N2O3/c1-10(2)15-9-12(7-8-20-15)16-13-5-4-6-14(11(13)3)17(18)19/h4-6,10,12,15-16H,7-9H2,1-3H3. The van der Waals surface area contributed by atoms with Crippen LogP contribution in [0.15, 0.2) is 18.2 Å². The molecule has 2 unspecified atom stereocenters. The number of nitrogens with one attached hydrogen (secondary N) is 1. The maximum absolute atomic E-state index is 11.0. The van der Waals surface area contributed by atoms with Crippen molar-refractivity contribution in [1.29, 1.82) is 0 Å². The first-order valence-electron chi connectivity index (χ1n) is 7.11. The summed E-state index contributed by atoms with van der Waals surface area (Å²) in [6.45, 7) is 6.85. The molecule has 20 heavy (non-hydrogen) atoms. The van der Waals surface area contributed by atoms with Crippen molar-refractivity contribution in [1.82, 2.24) is 0 Å². The predicted molar refractivity (Wildman–Crippen MR) is 79.1 cm³/mol. The van der Waals surface area contributed by atoms with Crippen molar-refractivity contribution in [3.8, 4) is 0 Å². The van der Waals surface area contributed by atoms with Crippen molar-refractivity contribution >= 4 is 11.4 Å². The molecule has 1 heterocycles. The molecule has 0 aromatic heterocycles. The Kier molecular flexibility index (Phi) is 4.60. The van der Waals surface area contributed by atoms with Gasteiger partial charge in [0.15, 0.2) is 0 Å². The first-order chi connectivity index (χ1) is 9.49. The van der Waals surface area contributed by atoms with Gasteiger partial charge >= 0.3 is 0 Å². The first kappa shape index (κ1) is 14.8. The van der Waals surface area contributed by atoms with Crippen molar-refractivity contribution in [3.05, 3.63) is 33.9 Å². The summed E-state index contributed by atoms with van der Waals surface area (Å²) < 4.78 is 5.75. The number of nitrogens with zero attached hydrogens (tertiary/aromatic N) is 1. The molecule has 1 aliphatic rings. The van der Waals surface area contributed by atoms with Crippen LogP contribution in [0.1, 0.15) is 32.3 Å². The number of nitro groups is 1. The van der Waals surface area contributed by atoms with Gasteiger partial charge in [0.25, 0.3) is 5.69 Å².